The normalized spacial score (nSPS) is 20.9. The predicted molar refractivity (Wildman–Crippen MR) is 71.3 cm³/mol. The van der Waals surface area contributed by atoms with Crippen molar-refractivity contribution in [2.75, 3.05) is 18.0 Å². The highest BCUT2D eigenvalue weighted by atomic mass is 15.3. The average molecular weight is 236 g/mol. The molecule has 0 spiro atoms. The maximum Gasteiger partial charge on any atom is 0.206 e. The summed E-state index contributed by atoms with van der Waals surface area (Å²) in [6.45, 7) is 7.14. The average Bonchev–Trinajstić information content (AvgIpc) is 2.81. The fourth-order valence-corrected chi connectivity index (χ4v) is 2.60. The van der Waals surface area contributed by atoms with Crippen molar-refractivity contribution >= 4 is 5.95 Å². The van der Waals surface area contributed by atoms with E-state index in [1.165, 1.54) is 25.0 Å². The molecule has 1 atom stereocenters. The first-order valence-corrected chi connectivity index (χ1v) is 6.82. The van der Waals surface area contributed by atoms with E-state index in [0.29, 0.717) is 6.04 Å². The van der Waals surface area contributed by atoms with E-state index in [0.717, 1.165) is 32.0 Å². The lowest BCUT2D eigenvalue weighted by molar-refractivity contribution is 0.452. The van der Waals surface area contributed by atoms with E-state index in [9.17, 15) is 0 Å². The third kappa shape index (κ3) is 2.46. The first-order chi connectivity index (χ1) is 8.30. The molecule has 96 valence electrons. The zero-order valence-corrected chi connectivity index (χ0v) is 11.0. The van der Waals surface area contributed by atoms with Gasteiger partial charge in [-0.15, -0.1) is 0 Å². The summed E-state index contributed by atoms with van der Waals surface area (Å²) in [4.78, 5) is 7.16. The number of aromatic nitrogens is 2. The molecule has 1 unspecified atom stereocenters. The van der Waals surface area contributed by atoms with E-state index >= 15 is 0 Å². The summed E-state index contributed by atoms with van der Waals surface area (Å²) in [5.41, 5.74) is 7.07. The third-order valence-electron chi connectivity index (χ3n) is 3.66. The molecule has 0 saturated carbocycles. The van der Waals surface area contributed by atoms with Gasteiger partial charge in [0, 0.05) is 31.9 Å². The van der Waals surface area contributed by atoms with E-state index in [4.69, 9.17) is 10.7 Å². The second-order valence-corrected chi connectivity index (χ2v) is 4.75. The van der Waals surface area contributed by atoms with E-state index in [1.807, 2.05) is 0 Å². The SMILES string of the molecule is CCc1cn(CC)c(N2CCCCC2CN)n1. The number of rotatable bonds is 4. The fraction of sp³-hybridized carbons (Fsp3) is 0.769. The molecule has 1 fully saturated rings. The number of nitrogens with two attached hydrogens (primary N) is 1. The molecule has 1 aromatic rings. The second-order valence-electron chi connectivity index (χ2n) is 4.75. The van der Waals surface area contributed by atoms with Gasteiger partial charge >= 0.3 is 0 Å². The number of anilines is 1. The lowest BCUT2D eigenvalue weighted by Crippen LogP contribution is -2.45. The molecule has 0 bridgehead atoms. The zero-order valence-electron chi connectivity index (χ0n) is 11.0. The predicted octanol–water partition coefficient (Wildman–Crippen LogP) is 1.78. The molecule has 1 aliphatic rings. The molecule has 0 aromatic carbocycles. The minimum Gasteiger partial charge on any atom is -0.338 e. The van der Waals surface area contributed by atoms with Crippen molar-refractivity contribution in [3.8, 4) is 0 Å². The fourth-order valence-electron chi connectivity index (χ4n) is 2.60. The Labute approximate surface area is 104 Å². The summed E-state index contributed by atoms with van der Waals surface area (Å²) in [6, 6.07) is 0.473. The van der Waals surface area contributed by atoms with Gasteiger partial charge in [-0.25, -0.2) is 4.98 Å². The van der Waals surface area contributed by atoms with Crippen molar-refractivity contribution in [1.29, 1.82) is 0 Å². The van der Waals surface area contributed by atoms with Crippen LogP contribution in [-0.4, -0.2) is 28.7 Å². The minimum absolute atomic E-state index is 0.473. The van der Waals surface area contributed by atoms with Gasteiger partial charge in [-0.05, 0) is 32.6 Å². The van der Waals surface area contributed by atoms with Crippen LogP contribution in [0.1, 0.15) is 38.8 Å². The van der Waals surface area contributed by atoms with Gasteiger partial charge in [-0.1, -0.05) is 6.92 Å². The van der Waals surface area contributed by atoms with Gasteiger partial charge in [0.05, 0.1) is 5.69 Å². The van der Waals surface area contributed by atoms with Gasteiger partial charge in [-0.3, -0.25) is 0 Å². The van der Waals surface area contributed by atoms with Crippen molar-refractivity contribution in [3.63, 3.8) is 0 Å². The molecular formula is C13H24N4. The third-order valence-corrected chi connectivity index (χ3v) is 3.66. The summed E-state index contributed by atoms with van der Waals surface area (Å²) in [5.74, 6) is 1.12. The first kappa shape index (κ1) is 12.4. The van der Waals surface area contributed by atoms with Gasteiger partial charge in [0.25, 0.3) is 0 Å². The van der Waals surface area contributed by atoms with Crippen molar-refractivity contribution in [2.24, 2.45) is 5.73 Å². The highest BCUT2D eigenvalue weighted by Crippen LogP contribution is 2.24. The van der Waals surface area contributed by atoms with Gasteiger partial charge in [-0.2, -0.15) is 0 Å². The Bertz CT molecular complexity index is 358. The van der Waals surface area contributed by atoms with Gasteiger partial charge < -0.3 is 15.2 Å². The minimum atomic E-state index is 0.473. The number of piperidine rings is 1. The Kier molecular flexibility index (Phi) is 4.05. The Morgan fingerprint density at radius 2 is 2.24 bits per heavy atom. The molecule has 2 rings (SSSR count). The highest BCUT2D eigenvalue weighted by Gasteiger charge is 2.24. The molecule has 1 saturated heterocycles. The number of hydrogen-bond acceptors (Lipinski definition) is 3. The number of nitrogens with zero attached hydrogens (tertiary/aromatic N) is 3. The van der Waals surface area contributed by atoms with Crippen molar-refractivity contribution in [3.05, 3.63) is 11.9 Å². The van der Waals surface area contributed by atoms with Crippen molar-refractivity contribution < 1.29 is 0 Å². The number of hydrogen-bond donors (Lipinski definition) is 1. The standard InChI is InChI=1S/C13H24N4/c1-3-11-10-16(4-2)13(15-11)17-8-6-5-7-12(17)9-14/h10,12H,3-9,14H2,1-2H3. The maximum absolute atomic E-state index is 5.88. The quantitative estimate of drug-likeness (QED) is 0.867. The molecule has 0 radical (unpaired) electrons. The Morgan fingerprint density at radius 3 is 2.88 bits per heavy atom. The van der Waals surface area contributed by atoms with Crippen molar-refractivity contribution in [2.45, 2.75) is 52.1 Å². The van der Waals surface area contributed by atoms with Crippen LogP contribution in [0.4, 0.5) is 5.95 Å². The molecule has 4 nitrogen and oxygen atoms in total. The number of imidazole rings is 1. The first-order valence-electron chi connectivity index (χ1n) is 6.82. The summed E-state index contributed by atoms with van der Waals surface area (Å²) >= 11 is 0. The molecule has 0 amide bonds. The monoisotopic (exact) mass is 236 g/mol. The van der Waals surface area contributed by atoms with Gasteiger partial charge in [0.1, 0.15) is 0 Å². The Hall–Kier alpha value is -1.03. The smallest absolute Gasteiger partial charge is 0.206 e. The van der Waals surface area contributed by atoms with Crippen LogP contribution in [0.15, 0.2) is 6.20 Å². The van der Waals surface area contributed by atoms with E-state index in [1.54, 1.807) is 0 Å². The molecule has 2 heterocycles. The van der Waals surface area contributed by atoms with E-state index in [2.05, 4.69) is 29.5 Å². The maximum atomic E-state index is 5.88. The molecule has 17 heavy (non-hydrogen) atoms. The molecule has 1 aromatic heterocycles. The molecule has 1 aliphatic heterocycles. The zero-order chi connectivity index (χ0) is 12.3. The van der Waals surface area contributed by atoms with Crippen LogP contribution in [0.2, 0.25) is 0 Å². The van der Waals surface area contributed by atoms with Crippen LogP contribution >= 0.6 is 0 Å². The molecule has 2 N–H and O–H groups in total. The molecule has 4 heteroatoms. The topological polar surface area (TPSA) is 47.1 Å². The largest absolute Gasteiger partial charge is 0.338 e. The Balaban J connectivity index is 2.26. The van der Waals surface area contributed by atoms with Crippen LogP contribution in [0.25, 0.3) is 0 Å². The van der Waals surface area contributed by atoms with Crippen LogP contribution in [0.3, 0.4) is 0 Å². The van der Waals surface area contributed by atoms with Crippen LogP contribution in [0.5, 0.6) is 0 Å². The van der Waals surface area contributed by atoms with Crippen LogP contribution in [0, 0.1) is 0 Å². The summed E-state index contributed by atoms with van der Waals surface area (Å²) in [6.07, 6.45) is 6.94. The van der Waals surface area contributed by atoms with Gasteiger partial charge in [0.2, 0.25) is 5.95 Å². The van der Waals surface area contributed by atoms with Crippen LogP contribution in [-0.2, 0) is 13.0 Å². The molecular weight excluding hydrogens is 212 g/mol. The van der Waals surface area contributed by atoms with Gasteiger partial charge in [0.15, 0.2) is 0 Å². The van der Waals surface area contributed by atoms with E-state index < -0.39 is 0 Å². The summed E-state index contributed by atoms with van der Waals surface area (Å²) in [5, 5.41) is 0. The van der Waals surface area contributed by atoms with Crippen LogP contribution < -0.4 is 10.6 Å². The lowest BCUT2D eigenvalue weighted by atomic mass is 10.0. The summed E-state index contributed by atoms with van der Waals surface area (Å²) < 4.78 is 2.26. The summed E-state index contributed by atoms with van der Waals surface area (Å²) in [7, 11) is 0. The highest BCUT2D eigenvalue weighted by molar-refractivity contribution is 5.36. The lowest BCUT2D eigenvalue weighted by Gasteiger charge is -2.36. The Morgan fingerprint density at radius 1 is 1.41 bits per heavy atom. The second kappa shape index (κ2) is 5.54. The van der Waals surface area contributed by atoms with Crippen molar-refractivity contribution in [1.82, 2.24) is 9.55 Å². The number of aryl methyl sites for hydroxylation is 2. The molecule has 0 aliphatic carbocycles. The van der Waals surface area contributed by atoms with E-state index in [-0.39, 0.29) is 0 Å².